The Morgan fingerprint density at radius 1 is 0.944 bits per heavy atom. The fraction of sp³-hybridized carbons (Fsp3) is 0.415. The van der Waals surface area contributed by atoms with Gasteiger partial charge >= 0.3 is 11.9 Å². The number of esters is 1. The van der Waals surface area contributed by atoms with Crippen molar-refractivity contribution < 1.29 is 43.3 Å². The number of aliphatic carboxylic acids is 1. The number of ether oxygens (including phenoxy) is 3. The first-order valence-corrected chi connectivity index (χ1v) is 18.3. The highest BCUT2D eigenvalue weighted by molar-refractivity contribution is 6.07. The van der Waals surface area contributed by atoms with Crippen LogP contribution in [0, 0.1) is 11.8 Å². The Labute approximate surface area is 314 Å². The lowest BCUT2D eigenvalue weighted by Gasteiger charge is -2.29. The molecule has 13 heteroatoms. The Balaban J connectivity index is 1.47. The number of nitrogens with zero attached hydrogens (tertiary/aromatic N) is 1. The van der Waals surface area contributed by atoms with Crippen molar-refractivity contribution in [3.63, 3.8) is 0 Å². The number of pyridine rings is 1. The van der Waals surface area contributed by atoms with Crippen LogP contribution in [0.5, 0.6) is 11.5 Å². The summed E-state index contributed by atoms with van der Waals surface area (Å²) in [5.74, 6) is -4.02. The molecule has 0 bridgehead atoms. The van der Waals surface area contributed by atoms with Crippen LogP contribution in [0.2, 0.25) is 0 Å². The van der Waals surface area contributed by atoms with E-state index in [0.29, 0.717) is 33.7 Å². The molecule has 4 N–H and O–H groups in total. The number of carbonyl (C=O) groups is 5. The zero-order valence-electron chi connectivity index (χ0n) is 31.3. The number of hydrogen-bond acceptors (Lipinski definition) is 9. The predicted octanol–water partition coefficient (Wildman–Crippen LogP) is 5.23. The normalized spacial score (nSPS) is 18.1. The Kier molecular flexibility index (Phi) is 13.1. The van der Waals surface area contributed by atoms with Gasteiger partial charge in [-0.25, -0.2) is 14.6 Å². The van der Waals surface area contributed by atoms with Crippen molar-refractivity contribution in [2.45, 2.75) is 83.9 Å². The number of allylic oxidation sites excluding steroid dienone is 1. The van der Waals surface area contributed by atoms with Gasteiger partial charge in [0.25, 0.3) is 11.8 Å². The summed E-state index contributed by atoms with van der Waals surface area (Å²) in [5.41, 5.74) is 2.47. The van der Waals surface area contributed by atoms with E-state index in [1.807, 2.05) is 36.4 Å². The molecule has 2 aliphatic carbocycles. The summed E-state index contributed by atoms with van der Waals surface area (Å²) in [6.45, 7) is 4.93. The number of hydrogen-bond donors (Lipinski definition) is 4. The van der Waals surface area contributed by atoms with E-state index in [1.165, 1.54) is 13.2 Å². The summed E-state index contributed by atoms with van der Waals surface area (Å²) in [4.78, 5) is 71.0. The van der Waals surface area contributed by atoms with Gasteiger partial charge in [0.1, 0.15) is 35.4 Å². The molecule has 3 amide bonds. The summed E-state index contributed by atoms with van der Waals surface area (Å²) < 4.78 is 17.0. The topological polar surface area (TPSA) is 182 Å². The van der Waals surface area contributed by atoms with Gasteiger partial charge in [0, 0.05) is 35.1 Å². The summed E-state index contributed by atoms with van der Waals surface area (Å²) in [6.07, 6.45) is 5.27. The van der Waals surface area contributed by atoms with E-state index in [9.17, 15) is 29.1 Å². The highest BCUT2D eigenvalue weighted by atomic mass is 16.5. The molecule has 54 heavy (non-hydrogen) atoms. The van der Waals surface area contributed by atoms with Gasteiger partial charge in [0.15, 0.2) is 0 Å². The summed E-state index contributed by atoms with van der Waals surface area (Å²) >= 11 is 0. The number of rotatable bonds is 14. The second-order valence-electron chi connectivity index (χ2n) is 13.8. The number of methoxy groups -OCH3 is 2. The number of carbonyl (C=O) groups excluding carboxylic acids is 4. The molecule has 2 aliphatic rings. The van der Waals surface area contributed by atoms with Crippen LogP contribution in [0.1, 0.15) is 65.7 Å². The molecule has 13 nitrogen and oxygen atoms in total. The minimum absolute atomic E-state index is 0.00408. The zero-order chi connectivity index (χ0) is 38.9. The second-order valence-corrected chi connectivity index (χ2v) is 13.8. The molecule has 1 aromatic heterocycles. The smallest absolute Gasteiger partial charge is 0.328 e. The predicted molar refractivity (Wildman–Crippen MR) is 201 cm³/mol. The third kappa shape index (κ3) is 9.25. The van der Waals surface area contributed by atoms with Crippen LogP contribution in [-0.4, -0.2) is 72.2 Å². The van der Waals surface area contributed by atoms with Crippen LogP contribution in [0.4, 0.5) is 0 Å². The minimum atomic E-state index is -1.21. The van der Waals surface area contributed by atoms with Crippen LogP contribution >= 0.6 is 0 Å². The van der Waals surface area contributed by atoms with E-state index < -0.39 is 53.8 Å². The molecule has 2 aromatic carbocycles. The van der Waals surface area contributed by atoms with Crippen molar-refractivity contribution in [1.82, 2.24) is 20.9 Å². The van der Waals surface area contributed by atoms with Gasteiger partial charge in [0.05, 0.1) is 31.3 Å². The number of fused-ring (bicyclic) bond motifs is 1. The van der Waals surface area contributed by atoms with E-state index in [0.717, 1.165) is 37.7 Å². The summed E-state index contributed by atoms with van der Waals surface area (Å²) in [5, 5.41) is 18.4. The van der Waals surface area contributed by atoms with Crippen molar-refractivity contribution >= 4 is 40.6 Å². The zero-order valence-corrected chi connectivity index (χ0v) is 31.3. The Bertz CT molecular complexity index is 1950. The van der Waals surface area contributed by atoms with E-state index in [1.54, 1.807) is 46.1 Å². The number of aromatic nitrogens is 1. The highest BCUT2D eigenvalue weighted by Gasteiger charge is 2.39. The molecule has 0 spiro atoms. The molecular formula is C41H48N4O9. The van der Waals surface area contributed by atoms with Crippen LogP contribution in [0.3, 0.4) is 0 Å². The third-order valence-corrected chi connectivity index (χ3v) is 9.97. The maximum absolute atomic E-state index is 14.1. The van der Waals surface area contributed by atoms with E-state index in [4.69, 9.17) is 19.2 Å². The fourth-order valence-electron chi connectivity index (χ4n) is 7.01. The average molecular weight is 741 g/mol. The van der Waals surface area contributed by atoms with Crippen molar-refractivity contribution in [3.8, 4) is 22.8 Å². The Morgan fingerprint density at radius 2 is 1.67 bits per heavy atom. The number of benzene rings is 2. The molecule has 1 saturated carbocycles. The molecule has 0 aliphatic heterocycles. The quantitative estimate of drug-likeness (QED) is 0.126. The largest absolute Gasteiger partial charge is 0.497 e. The van der Waals surface area contributed by atoms with Crippen LogP contribution in [-0.2, 0) is 28.7 Å². The number of amides is 3. The molecular weight excluding hydrogens is 692 g/mol. The minimum Gasteiger partial charge on any atom is -0.497 e. The molecule has 286 valence electrons. The maximum Gasteiger partial charge on any atom is 0.328 e. The van der Waals surface area contributed by atoms with Crippen molar-refractivity contribution in [3.05, 3.63) is 77.5 Å². The highest BCUT2D eigenvalue weighted by Crippen LogP contribution is 2.36. The van der Waals surface area contributed by atoms with Crippen molar-refractivity contribution in [1.29, 1.82) is 0 Å². The Hall–Kier alpha value is -5.72. The molecule has 0 radical (unpaired) electrons. The lowest BCUT2D eigenvalue weighted by Crippen LogP contribution is -2.50. The summed E-state index contributed by atoms with van der Waals surface area (Å²) in [6, 6.07) is 14.6. The molecule has 1 fully saturated rings. The molecule has 0 saturated heterocycles. The SMILES string of the molecule is CC[C@H](NC(=O)C1CC(Oc2cc(-c3ccccc3)nc3cc(OC)ccc23)C=C1C(=O)NC(C(=O)N[C@H](C(=O)OC)C1CCCCC1)=C(C)C)C(=O)O. The molecule has 2 unspecified atom stereocenters. The number of carboxylic acid groups (broad SMARTS) is 1. The average Bonchev–Trinajstić information content (AvgIpc) is 3.61. The van der Waals surface area contributed by atoms with E-state index in [-0.39, 0.29) is 30.0 Å². The lowest BCUT2D eigenvalue weighted by atomic mass is 9.83. The lowest BCUT2D eigenvalue weighted by molar-refractivity contribution is -0.146. The molecule has 1 heterocycles. The summed E-state index contributed by atoms with van der Waals surface area (Å²) in [7, 11) is 2.83. The first kappa shape index (κ1) is 39.5. The van der Waals surface area contributed by atoms with Gasteiger partial charge in [-0.1, -0.05) is 56.5 Å². The molecule has 3 aromatic rings. The first-order valence-electron chi connectivity index (χ1n) is 18.3. The third-order valence-electron chi connectivity index (χ3n) is 9.97. The first-order chi connectivity index (χ1) is 25.9. The van der Waals surface area contributed by atoms with Gasteiger partial charge < -0.3 is 35.3 Å². The van der Waals surface area contributed by atoms with Crippen molar-refractivity contribution in [2.75, 3.05) is 14.2 Å². The maximum atomic E-state index is 14.1. The Morgan fingerprint density at radius 3 is 2.30 bits per heavy atom. The number of carboxylic acids is 1. The monoisotopic (exact) mass is 740 g/mol. The van der Waals surface area contributed by atoms with E-state index in [2.05, 4.69) is 16.0 Å². The van der Waals surface area contributed by atoms with Gasteiger partial charge in [-0.3, -0.25) is 14.4 Å². The standard InChI is InChI=1S/C41H48N4O9/c1-6-31(40(49)50)43-37(46)29-19-27(54-34-22-32(24-13-9-7-10-14-24)42-33-21-26(52-4)17-18-28(33)34)20-30(29)38(47)44-35(23(2)3)39(48)45-36(41(51)53-5)25-15-11-8-12-16-25/h7,9-10,13-14,17-18,20-22,25,27,29,31,36H,6,8,11-12,15-16,19H2,1-5H3,(H,43,46)(H,44,47)(H,45,48)(H,49,50)/t27?,29?,31-,36-/m0/s1. The molecule has 5 rings (SSSR count). The second kappa shape index (κ2) is 17.9. The van der Waals surface area contributed by atoms with Crippen LogP contribution in [0.15, 0.2) is 77.5 Å². The van der Waals surface area contributed by atoms with E-state index >= 15 is 0 Å². The van der Waals surface area contributed by atoms with Crippen molar-refractivity contribution in [2.24, 2.45) is 11.8 Å². The molecule has 4 atom stereocenters. The van der Waals surface area contributed by atoms with Gasteiger partial charge in [-0.2, -0.15) is 0 Å². The fourth-order valence-corrected chi connectivity index (χ4v) is 7.01. The van der Waals surface area contributed by atoms with Crippen LogP contribution < -0.4 is 25.4 Å². The van der Waals surface area contributed by atoms with Gasteiger partial charge in [0.2, 0.25) is 5.91 Å². The number of nitrogens with one attached hydrogen (secondary N) is 3. The van der Waals surface area contributed by atoms with Gasteiger partial charge in [-0.15, -0.1) is 0 Å². The van der Waals surface area contributed by atoms with Crippen LogP contribution in [0.25, 0.3) is 22.2 Å². The van der Waals surface area contributed by atoms with Gasteiger partial charge in [-0.05, 0) is 62.8 Å².